The highest BCUT2D eigenvalue weighted by Gasteiger charge is 2.22. The van der Waals surface area contributed by atoms with E-state index in [1.54, 1.807) is 11.1 Å². The predicted molar refractivity (Wildman–Crippen MR) is 84.8 cm³/mol. The van der Waals surface area contributed by atoms with Gasteiger partial charge in [-0.3, -0.25) is 0 Å². The molecule has 0 bridgehead atoms. The first kappa shape index (κ1) is 14.1. The van der Waals surface area contributed by atoms with Gasteiger partial charge in [-0.15, -0.1) is 0 Å². The van der Waals surface area contributed by atoms with Crippen molar-refractivity contribution in [3.63, 3.8) is 0 Å². The quantitative estimate of drug-likeness (QED) is 0.884. The Balaban J connectivity index is 1.44. The Bertz CT molecular complexity index is 421. The maximum Gasteiger partial charge on any atom is 0.00674 e. The lowest BCUT2D eigenvalue weighted by atomic mass is 9.83. The molecular formula is C18H28N2. The Hall–Kier alpha value is -0.860. The van der Waals surface area contributed by atoms with Gasteiger partial charge in [-0.25, -0.2) is 0 Å². The Morgan fingerprint density at radius 3 is 2.45 bits per heavy atom. The maximum atomic E-state index is 5.76. The van der Waals surface area contributed by atoms with Crippen LogP contribution in [0.1, 0.15) is 43.2 Å². The summed E-state index contributed by atoms with van der Waals surface area (Å²) in [5.74, 6) is 1.62. The van der Waals surface area contributed by atoms with Crippen molar-refractivity contribution in [3.8, 4) is 0 Å². The lowest BCUT2D eigenvalue weighted by molar-refractivity contribution is 0.280. The molecule has 0 saturated heterocycles. The van der Waals surface area contributed by atoms with Crippen LogP contribution in [0.4, 0.5) is 0 Å². The number of nitrogens with two attached hydrogens (primary N) is 1. The summed E-state index contributed by atoms with van der Waals surface area (Å²) in [5, 5.41) is 3.83. The molecule has 20 heavy (non-hydrogen) atoms. The van der Waals surface area contributed by atoms with Gasteiger partial charge in [0.15, 0.2) is 0 Å². The predicted octanol–water partition coefficient (Wildman–Crippen LogP) is 2.90. The fourth-order valence-electron chi connectivity index (χ4n) is 3.88. The van der Waals surface area contributed by atoms with Gasteiger partial charge in [0.2, 0.25) is 0 Å². The molecule has 1 saturated carbocycles. The van der Waals surface area contributed by atoms with Crippen molar-refractivity contribution in [2.24, 2.45) is 17.6 Å². The third-order valence-electron chi connectivity index (χ3n) is 5.32. The molecule has 0 aliphatic heterocycles. The number of fused-ring (bicyclic) bond motifs is 1. The molecule has 3 N–H and O–H groups in total. The Morgan fingerprint density at radius 2 is 1.70 bits per heavy atom. The molecule has 0 amide bonds. The van der Waals surface area contributed by atoms with E-state index in [-0.39, 0.29) is 0 Å². The number of hydrogen-bond donors (Lipinski definition) is 2. The van der Waals surface area contributed by atoms with Gasteiger partial charge in [0.1, 0.15) is 0 Å². The summed E-state index contributed by atoms with van der Waals surface area (Å²) in [6, 6.07) is 9.71. The molecule has 0 heterocycles. The molecule has 0 aromatic heterocycles. The van der Waals surface area contributed by atoms with Crippen molar-refractivity contribution in [2.75, 3.05) is 13.1 Å². The molecule has 1 aromatic rings. The van der Waals surface area contributed by atoms with Crippen LogP contribution in [0.25, 0.3) is 0 Å². The first-order valence-corrected chi connectivity index (χ1v) is 8.35. The van der Waals surface area contributed by atoms with Crippen molar-refractivity contribution in [3.05, 3.63) is 35.4 Å². The molecule has 2 aliphatic rings. The third-order valence-corrected chi connectivity index (χ3v) is 5.32. The van der Waals surface area contributed by atoms with E-state index >= 15 is 0 Å². The molecule has 2 aliphatic carbocycles. The second-order valence-corrected chi connectivity index (χ2v) is 6.74. The van der Waals surface area contributed by atoms with Crippen LogP contribution in [0.5, 0.6) is 0 Å². The van der Waals surface area contributed by atoms with E-state index in [2.05, 4.69) is 29.6 Å². The number of nitrogens with one attached hydrogen (secondary N) is 1. The third kappa shape index (κ3) is 3.42. The van der Waals surface area contributed by atoms with Crippen LogP contribution in [0.3, 0.4) is 0 Å². The average Bonchev–Trinajstić information content (AvgIpc) is 2.53. The molecule has 1 aromatic carbocycles. The number of hydrogen-bond acceptors (Lipinski definition) is 2. The summed E-state index contributed by atoms with van der Waals surface area (Å²) in [6.07, 6.45) is 9.17. The number of benzene rings is 1. The molecule has 110 valence electrons. The van der Waals surface area contributed by atoms with Crippen LogP contribution < -0.4 is 11.1 Å². The molecule has 1 unspecified atom stereocenters. The minimum absolute atomic E-state index is 0.745. The average molecular weight is 272 g/mol. The summed E-state index contributed by atoms with van der Waals surface area (Å²) in [5.41, 5.74) is 8.92. The van der Waals surface area contributed by atoms with Crippen LogP contribution in [-0.2, 0) is 12.8 Å². The second kappa shape index (κ2) is 6.73. The zero-order valence-corrected chi connectivity index (χ0v) is 12.5. The van der Waals surface area contributed by atoms with Crippen molar-refractivity contribution in [1.82, 2.24) is 5.32 Å². The SMILES string of the molecule is NCC1CCC(NCC2CCc3ccccc3C2)CC1. The molecule has 1 atom stereocenters. The van der Waals surface area contributed by atoms with Crippen molar-refractivity contribution >= 4 is 0 Å². The van der Waals surface area contributed by atoms with Gasteiger partial charge < -0.3 is 11.1 Å². The van der Waals surface area contributed by atoms with Gasteiger partial charge in [0.05, 0.1) is 0 Å². The smallest absolute Gasteiger partial charge is 0.00674 e. The van der Waals surface area contributed by atoms with E-state index in [1.165, 1.54) is 51.5 Å². The zero-order chi connectivity index (χ0) is 13.8. The molecule has 0 radical (unpaired) electrons. The molecule has 1 fully saturated rings. The first-order valence-electron chi connectivity index (χ1n) is 8.35. The van der Waals surface area contributed by atoms with Gasteiger partial charge >= 0.3 is 0 Å². The maximum absolute atomic E-state index is 5.76. The van der Waals surface area contributed by atoms with Crippen molar-refractivity contribution < 1.29 is 0 Å². The largest absolute Gasteiger partial charge is 0.330 e. The van der Waals surface area contributed by atoms with E-state index in [4.69, 9.17) is 5.73 Å². The highest BCUT2D eigenvalue weighted by molar-refractivity contribution is 5.29. The molecular weight excluding hydrogens is 244 g/mol. The standard InChI is InChI=1S/C18H28N2/c19-12-14-6-9-18(10-7-14)20-13-15-5-8-16-3-1-2-4-17(16)11-15/h1-4,14-15,18,20H,5-13,19H2. The fourth-order valence-corrected chi connectivity index (χ4v) is 3.88. The van der Waals surface area contributed by atoms with Gasteiger partial charge in [-0.2, -0.15) is 0 Å². The van der Waals surface area contributed by atoms with E-state index in [1.807, 2.05) is 0 Å². The topological polar surface area (TPSA) is 38.0 Å². The number of aryl methyl sites for hydroxylation is 1. The lowest BCUT2D eigenvalue weighted by Crippen LogP contribution is -2.38. The summed E-state index contributed by atoms with van der Waals surface area (Å²) >= 11 is 0. The Morgan fingerprint density at radius 1 is 0.950 bits per heavy atom. The van der Waals surface area contributed by atoms with Crippen LogP contribution in [0, 0.1) is 11.8 Å². The normalized spacial score (nSPS) is 29.9. The van der Waals surface area contributed by atoms with E-state index in [0.29, 0.717) is 0 Å². The highest BCUT2D eigenvalue weighted by Crippen LogP contribution is 2.26. The fraction of sp³-hybridized carbons (Fsp3) is 0.667. The van der Waals surface area contributed by atoms with E-state index in [9.17, 15) is 0 Å². The van der Waals surface area contributed by atoms with Gasteiger partial charge in [-0.05, 0) is 81.0 Å². The zero-order valence-electron chi connectivity index (χ0n) is 12.5. The molecule has 0 spiro atoms. The van der Waals surface area contributed by atoms with Crippen LogP contribution in [0.15, 0.2) is 24.3 Å². The molecule has 3 rings (SSSR count). The monoisotopic (exact) mass is 272 g/mol. The Labute approximate surface area is 123 Å². The van der Waals surface area contributed by atoms with E-state index in [0.717, 1.165) is 24.4 Å². The Kier molecular flexibility index (Phi) is 4.74. The van der Waals surface area contributed by atoms with Gasteiger partial charge in [-0.1, -0.05) is 24.3 Å². The lowest BCUT2D eigenvalue weighted by Gasteiger charge is -2.31. The van der Waals surface area contributed by atoms with Crippen LogP contribution in [0.2, 0.25) is 0 Å². The summed E-state index contributed by atoms with van der Waals surface area (Å²) in [7, 11) is 0. The summed E-state index contributed by atoms with van der Waals surface area (Å²) in [4.78, 5) is 0. The molecule has 2 heteroatoms. The van der Waals surface area contributed by atoms with Crippen LogP contribution in [-0.4, -0.2) is 19.1 Å². The summed E-state index contributed by atoms with van der Waals surface area (Å²) in [6.45, 7) is 2.08. The second-order valence-electron chi connectivity index (χ2n) is 6.74. The van der Waals surface area contributed by atoms with Crippen LogP contribution >= 0.6 is 0 Å². The minimum atomic E-state index is 0.745. The first-order chi connectivity index (χ1) is 9.85. The van der Waals surface area contributed by atoms with Crippen molar-refractivity contribution in [1.29, 1.82) is 0 Å². The van der Waals surface area contributed by atoms with Gasteiger partial charge in [0.25, 0.3) is 0 Å². The minimum Gasteiger partial charge on any atom is -0.330 e. The van der Waals surface area contributed by atoms with Gasteiger partial charge in [0, 0.05) is 6.04 Å². The summed E-state index contributed by atoms with van der Waals surface area (Å²) < 4.78 is 0. The number of rotatable bonds is 4. The van der Waals surface area contributed by atoms with Crippen molar-refractivity contribution in [2.45, 2.75) is 51.0 Å². The molecule has 2 nitrogen and oxygen atoms in total. The van der Waals surface area contributed by atoms with E-state index < -0.39 is 0 Å². The highest BCUT2D eigenvalue weighted by atomic mass is 14.9.